The van der Waals surface area contributed by atoms with Crippen LogP contribution >= 0.6 is 0 Å². The van der Waals surface area contributed by atoms with Gasteiger partial charge >= 0.3 is 0 Å². The highest BCUT2D eigenvalue weighted by molar-refractivity contribution is 5.79. The minimum atomic E-state index is -1.64. The Hall–Kier alpha value is -1.79. The zero-order valence-electron chi connectivity index (χ0n) is 8.29. The van der Waals surface area contributed by atoms with Crippen LogP contribution in [0.2, 0.25) is 0 Å². The lowest BCUT2D eigenvalue weighted by molar-refractivity contribution is -0.131. The highest BCUT2D eigenvalue weighted by Crippen LogP contribution is 2.34. The van der Waals surface area contributed by atoms with Crippen molar-refractivity contribution in [3.8, 4) is 11.5 Å². The third kappa shape index (κ3) is 1.80. The largest absolute Gasteiger partial charge is 0.454 e. The van der Waals surface area contributed by atoms with Crippen LogP contribution in [0.5, 0.6) is 11.5 Å². The lowest BCUT2D eigenvalue weighted by Crippen LogP contribution is -2.33. The van der Waals surface area contributed by atoms with Crippen molar-refractivity contribution in [1.82, 2.24) is 0 Å². The van der Waals surface area contributed by atoms with Crippen molar-refractivity contribution in [3.05, 3.63) is 23.8 Å². The molecule has 0 aromatic heterocycles. The van der Waals surface area contributed by atoms with Crippen LogP contribution in [-0.4, -0.2) is 29.0 Å². The monoisotopic (exact) mass is 225 g/mol. The lowest BCUT2D eigenvalue weighted by atomic mass is 10.0. The Bertz CT molecular complexity index is 420. The molecule has 0 saturated carbocycles. The number of benzene rings is 1. The van der Waals surface area contributed by atoms with Crippen LogP contribution in [0.4, 0.5) is 0 Å². The second-order valence-electron chi connectivity index (χ2n) is 3.40. The van der Waals surface area contributed by atoms with Crippen molar-refractivity contribution in [3.63, 3.8) is 0 Å². The quantitative estimate of drug-likeness (QED) is 0.631. The van der Waals surface area contributed by atoms with Gasteiger partial charge in [0.1, 0.15) is 6.10 Å². The number of aliphatic hydroxyl groups is 2. The van der Waals surface area contributed by atoms with Gasteiger partial charge < -0.3 is 25.4 Å². The van der Waals surface area contributed by atoms with E-state index in [1.807, 2.05) is 0 Å². The summed E-state index contributed by atoms with van der Waals surface area (Å²) in [6.45, 7) is 0.118. The molecule has 0 saturated heterocycles. The number of primary amides is 1. The number of ether oxygens (including phenoxy) is 2. The molecule has 1 heterocycles. The van der Waals surface area contributed by atoms with E-state index in [2.05, 4.69) is 0 Å². The Morgan fingerprint density at radius 3 is 2.69 bits per heavy atom. The second kappa shape index (κ2) is 3.99. The highest BCUT2D eigenvalue weighted by atomic mass is 16.7. The average molecular weight is 225 g/mol. The first-order valence-corrected chi connectivity index (χ1v) is 4.64. The van der Waals surface area contributed by atoms with Gasteiger partial charge in [0.25, 0.3) is 0 Å². The number of hydrogen-bond acceptors (Lipinski definition) is 5. The van der Waals surface area contributed by atoms with Gasteiger partial charge in [-0.05, 0) is 17.7 Å². The van der Waals surface area contributed by atoms with E-state index in [4.69, 9.17) is 15.2 Å². The van der Waals surface area contributed by atoms with Crippen LogP contribution in [-0.2, 0) is 4.79 Å². The van der Waals surface area contributed by atoms with Crippen molar-refractivity contribution in [2.75, 3.05) is 6.79 Å². The first-order chi connectivity index (χ1) is 7.59. The van der Waals surface area contributed by atoms with Crippen molar-refractivity contribution in [2.45, 2.75) is 12.2 Å². The molecule has 2 rings (SSSR count). The molecule has 6 nitrogen and oxygen atoms in total. The van der Waals surface area contributed by atoms with Gasteiger partial charge in [0.05, 0.1) is 0 Å². The van der Waals surface area contributed by atoms with E-state index in [-0.39, 0.29) is 6.79 Å². The van der Waals surface area contributed by atoms with Crippen LogP contribution in [0.1, 0.15) is 11.7 Å². The maximum absolute atomic E-state index is 10.7. The zero-order chi connectivity index (χ0) is 11.7. The van der Waals surface area contributed by atoms with Crippen molar-refractivity contribution < 1.29 is 24.5 Å². The summed E-state index contributed by atoms with van der Waals surface area (Å²) < 4.78 is 10.2. The van der Waals surface area contributed by atoms with Crippen LogP contribution in [0, 0.1) is 0 Å². The third-order valence-corrected chi connectivity index (χ3v) is 2.33. The van der Waals surface area contributed by atoms with E-state index in [9.17, 15) is 15.0 Å². The van der Waals surface area contributed by atoms with Gasteiger partial charge in [-0.1, -0.05) is 6.07 Å². The number of amides is 1. The number of carbonyl (C=O) groups is 1. The smallest absolute Gasteiger partial charge is 0.249 e. The predicted molar refractivity (Wildman–Crippen MR) is 52.7 cm³/mol. The first kappa shape index (κ1) is 10.7. The van der Waals surface area contributed by atoms with E-state index in [1.54, 1.807) is 6.07 Å². The Kier molecular flexibility index (Phi) is 2.67. The van der Waals surface area contributed by atoms with Crippen LogP contribution in [0.3, 0.4) is 0 Å². The minimum Gasteiger partial charge on any atom is -0.454 e. The molecule has 0 spiro atoms. The van der Waals surface area contributed by atoms with Crippen molar-refractivity contribution >= 4 is 5.91 Å². The molecule has 0 radical (unpaired) electrons. The van der Waals surface area contributed by atoms with Gasteiger partial charge in [-0.2, -0.15) is 0 Å². The molecule has 0 bridgehead atoms. The molecule has 4 N–H and O–H groups in total. The Morgan fingerprint density at radius 1 is 1.31 bits per heavy atom. The molecule has 2 atom stereocenters. The first-order valence-electron chi connectivity index (χ1n) is 4.64. The molecular formula is C10H11NO5. The van der Waals surface area contributed by atoms with Crippen LogP contribution < -0.4 is 15.2 Å². The second-order valence-corrected chi connectivity index (χ2v) is 3.40. The molecule has 1 aliphatic rings. The summed E-state index contributed by atoms with van der Waals surface area (Å²) in [6, 6.07) is 4.62. The maximum atomic E-state index is 10.7. The van der Waals surface area contributed by atoms with E-state index in [1.165, 1.54) is 12.1 Å². The number of nitrogens with two attached hydrogens (primary N) is 1. The summed E-state index contributed by atoms with van der Waals surface area (Å²) in [4.78, 5) is 10.7. The zero-order valence-corrected chi connectivity index (χ0v) is 8.29. The molecular weight excluding hydrogens is 214 g/mol. The molecule has 0 fully saturated rings. The fourth-order valence-corrected chi connectivity index (χ4v) is 1.43. The molecule has 6 heteroatoms. The van der Waals surface area contributed by atoms with Crippen molar-refractivity contribution in [2.24, 2.45) is 5.73 Å². The number of hydrogen-bond donors (Lipinski definition) is 3. The lowest BCUT2D eigenvalue weighted by Gasteiger charge is -2.15. The van der Waals surface area contributed by atoms with Gasteiger partial charge in [-0.25, -0.2) is 0 Å². The molecule has 1 amide bonds. The fraction of sp³-hybridized carbons (Fsp3) is 0.300. The van der Waals surface area contributed by atoms with Gasteiger partial charge in [-0.15, -0.1) is 0 Å². The number of carbonyl (C=O) groups excluding carboxylic acids is 1. The topological polar surface area (TPSA) is 102 Å². The Balaban J connectivity index is 2.24. The summed E-state index contributed by atoms with van der Waals surface area (Å²) >= 11 is 0. The molecule has 1 aromatic carbocycles. The maximum Gasteiger partial charge on any atom is 0.249 e. The Labute approximate surface area is 91.2 Å². The molecule has 1 aromatic rings. The van der Waals surface area contributed by atoms with Gasteiger partial charge in [0.15, 0.2) is 17.6 Å². The normalized spacial score (nSPS) is 16.9. The van der Waals surface area contributed by atoms with Crippen molar-refractivity contribution in [1.29, 1.82) is 0 Å². The molecule has 0 aliphatic carbocycles. The summed E-state index contributed by atoms with van der Waals surface area (Å²) in [7, 11) is 0. The summed E-state index contributed by atoms with van der Waals surface area (Å²) in [5, 5.41) is 18.9. The highest BCUT2D eigenvalue weighted by Gasteiger charge is 2.25. The average Bonchev–Trinajstić information content (AvgIpc) is 2.73. The predicted octanol–water partition coefficient (Wildman–Crippen LogP) is -0.705. The molecule has 1 aliphatic heterocycles. The van der Waals surface area contributed by atoms with Crippen LogP contribution in [0.25, 0.3) is 0 Å². The standard InChI is InChI=1S/C10H11NO5/c11-10(14)9(13)8(12)5-1-2-6-7(3-5)16-4-15-6/h1-3,8-9,12-13H,4H2,(H2,11,14). The summed E-state index contributed by atoms with van der Waals surface area (Å²) in [6.07, 6.45) is -3.01. The molecule has 2 unspecified atom stereocenters. The van der Waals surface area contributed by atoms with E-state index in [0.717, 1.165) is 0 Å². The SMILES string of the molecule is NC(=O)C(O)C(O)c1ccc2c(c1)OCO2. The minimum absolute atomic E-state index is 0.118. The third-order valence-electron chi connectivity index (χ3n) is 2.33. The van der Waals surface area contributed by atoms with Gasteiger partial charge in [-0.3, -0.25) is 4.79 Å². The van der Waals surface area contributed by atoms with E-state index >= 15 is 0 Å². The summed E-state index contributed by atoms with van der Waals surface area (Å²) in [5.41, 5.74) is 5.23. The number of rotatable bonds is 3. The Morgan fingerprint density at radius 2 is 2.00 bits per heavy atom. The van der Waals surface area contributed by atoms with E-state index < -0.39 is 18.1 Å². The number of fused-ring (bicyclic) bond motifs is 1. The fourth-order valence-electron chi connectivity index (χ4n) is 1.43. The number of aliphatic hydroxyl groups excluding tert-OH is 2. The van der Waals surface area contributed by atoms with Crippen LogP contribution in [0.15, 0.2) is 18.2 Å². The van der Waals surface area contributed by atoms with Gasteiger partial charge in [0.2, 0.25) is 12.7 Å². The molecule has 16 heavy (non-hydrogen) atoms. The molecule has 86 valence electrons. The summed E-state index contributed by atoms with van der Waals surface area (Å²) in [5.74, 6) is 0.0444. The van der Waals surface area contributed by atoms with Gasteiger partial charge in [0, 0.05) is 0 Å². The van der Waals surface area contributed by atoms with E-state index in [0.29, 0.717) is 17.1 Å².